The van der Waals surface area contributed by atoms with Gasteiger partial charge in [0.1, 0.15) is 0 Å². The number of aliphatic carboxylic acids is 1. The Morgan fingerprint density at radius 2 is 2.32 bits per heavy atom. The summed E-state index contributed by atoms with van der Waals surface area (Å²) in [5.41, 5.74) is 0.649. The molecule has 0 saturated heterocycles. The van der Waals surface area contributed by atoms with Crippen molar-refractivity contribution in [1.29, 1.82) is 0 Å². The molecule has 1 heterocycles. The molecular weight excluding hydrogens is 250 g/mol. The summed E-state index contributed by atoms with van der Waals surface area (Å²) in [6, 6.07) is 1.58. The van der Waals surface area contributed by atoms with Crippen LogP contribution in [0.2, 0.25) is 0 Å². The molecule has 0 radical (unpaired) electrons. The van der Waals surface area contributed by atoms with Gasteiger partial charge in [-0.2, -0.15) is 4.98 Å². The Hall–Kier alpha value is -1.89. The fourth-order valence-electron chi connectivity index (χ4n) is 1.54. The average Bonchev–Trinajstić information content (AvgIpc) is 3.18. The molecule has 7 nitrogen and oxygen atoms in total. The number of anilines is 1. The van der Waals surface area contributed by atoms with Gasteiger partial charge in [-0.3, -0.25) is 0 Å². The third-order valence-electron chi connectivity index (χ3n) is 2.64. The maximum atomic E-state index is 10.5. The van der Waals surface area contributed by atoms with Crippen molar-refractivity contribution in [1.82, 2.24) is 9.97 Å². The van der Waals surface area contributed by atoms with Gasteiger partial charge in [0.15, 0.2) is 6.61 Å². The minimum absolute atomic E-state index is 0.239. The molecule has 1 saturated carbocycles. The maximum Gasteiger partial charge on any atom is 0.341 e. The highest BCUT2D eigenvalue weighted by molar-refractivity contribution is 5.68. The summed E-state index contributed by atoms with van der Waals surface area (Å²) in [5, 5.41) is 11.7. The molecule has 19 heavy (non-hydrogen) atoms. The van der Waals surface area contributed by atoms with Crippen LogP contribution in [-0.4, -0.2) is 41.3 Å². The van der Waals surface area contributed by atoms with Crippen LogP contribution in [0.5, 0.6) is 5.88 Å². The second kappa shape index (κ2) is 6.33. The quantitative estimate of drug-likeness (QED) is 0.723. The van der Waals surface area contributed by atoms with Crippen LogP contribution in [0.3, 0.4) is 0 Å². The lowest BCUT2D eigenvalue weighted by molar-refractivity contribution is -0.139. The van der Waals surface area contributed by atoms with E-state index in [1.165, 1.54) is 12.8 Å². The van der Waals surface area contributed by atoms with Crippen molar-refractivity contribution < 1.29 is 19.4 Å². The van der Waals surface area contributed by atoms with Gasteiger partial charge in [-0.05, 0) is 18.8 Å². The molecule has 2 N–H and O–H groups in total. The molecule has 7 heteroatoms. The van der Waals surface area contributed by atoms with Crippen molar-refractivity contribution in [2.45, 2.75) is 19.4 Å². The highest BCUT2D eigenvalue weighted by Crippen LogP contribution is 2.28. The first-order valence-electron chi connectivity index (χ1n) is 6.12. The molecule has 0 amide bonds. The van der Waals surface area contributed by atoms with Gasteiger partial charge in [0.2, 0.25) is 11.8 Å². The van der Waals surface area contributed by atoms with E-state index in [4.69, 9.17) is 14.6 Å². The van der Waals surface area contributed by atoms with Gasteiger partial charge in [0.25, 0.3) is 0 Å². The molecule has 1 aromatic rings. The molecule has 0 spiro atoms. The summed E-state index contributed by atoms with van der Waals surface area (Å²) >= 11 is 0. The van der Waals surface area contributed by atoms with E-state index in [1.54, 1.807) is 13.2 Å². The highest BCUT2D eigenvalue weighted by Gasteiger charge is 2.21. The Morgan fingerprint density at radius 3 is 2.95 bits per heavy atom. The summed E-state index contributed by atoms with van der Waals surface area (Å²) in [6.07, 6.45) is 2.46. The van der Waals surface area contributed by atoms with E-state index in [9.17, 15) is 4.79 Å². The Balaban J connectivity index is 2.03. The number of rotatable bonds is 8. The SMILES string of the molecule is COCc1cc(OCC(=O)O)nc(NCC2CC2)n1. The number of nitrogens with one attached hydrogen (secondary N) is 1. The van der Waals surface area contributed by atoms with E-state index in [1.807, 2.05) is 0 Å². The molecule has 104 valence electrons. The molecule has 0 aliphatic heterocycles. The summed E-state index contributed by atoms with van der Waals surface area (Å²) in [5.74, 6) is 0.335. The summed E-state index contributed by atoms with van der Waals surface area (Å²) in [6.45, 7) is 0.727. The molecule has 0 bridgehead atoms. The van der Waals surface area contributed by atoms with E-state index >= 15 is 0 Å². The first-order chi connectivity index (χ1) is 9.17. The summed E-state index contributed by atoms with van der Waals surface area (Å²) in [4.78, 5) is 18.9. The fourth-order valence-corrected chi connectivity index (χ4v) is 1.54. The topological polar surface area (TPSA) is 93.6 Å². The maximum absolute atomic E-state index is 10.5. The molecule has 1 fully saturated rings. The number of methoxy groups -OCH3 is 1. The van der Waals surface area contributed by atoms with E-state index in [0.717, 1.165) is 6.54 Å². The predicted molar refractivity (Wildman–Crippen MR) is 67.1 cm³/mol. The molecule has 2 rings (SSSR count). The molecule has 1 aromatic heterocycles. The number of ether oxygens (including phenoxy) is 2. The number of nitrogens with zero attached hydrogens (tertiary/aromatic N) is 2. The van der Waals surface area contributed by atoms with Crippen LogP contribution in [0.4, 0.5) is 5.95 Å². The minimum Gasteiger partial charge on any atom is -0.479 e. The normalized spacial score (nSPS) is 14.2. The lowest BCUT2D eigenvalue weighted by Gasteiger charge is -2.09. The number of carboxylic acids is 1. The zero-order valence-electron chi connectivity index (χ0n) is 10.8. The van der Waals surface area contributed by atoms with E-state index in [-0.39, 0.29) is 5.88 Å². The lowest BCUT2D eigenvalue weighted by atomic mass is 10.4. The van der Waals surface area contributed by atoms with Crippen molar-refractivity contribution in [3.63, 3.8) is 0 Å². The predicted octanol–water partition coefficient (Wildman–Crippen LogP) is 0.908. The second-order valence-corrected chi connectivity index (χ2v) is 4.46. The Bertz CT molecular complexity index is 449. The number of aromatic nitrogens is 2. The second-order valence-electron chi connectivity index (χ2n) is 4.46. The zero-order chi connectivity index (χ0) is 13.7. The van der Waals surface area contributed by atoms with Gasteiger partial charge < -0.3 is 19.9 Å². The average molecular weight is 267 g/mol. The van der Waals surface area contributed by atoms with Crippen LogP contribution in [-0.2, 0) is 16.1 Å². The largest absolute Gasteiger partial charge is 0.479 e. The van der Waals surface area contributed by atoms with Crippen molar-refractivity contribution >= 4 is 11.9 Å². The van der Waals surface area contributed by atoms with Gasteiger partial charge in [0, 0.05) is 19.7 Å². The molecule has 0 atom stereocenters. The van der Waals surface area contributed by atoms with Gasteiger partial charge in [0.05, 0.1) is 12.3 Å². The zero-order valence-corrected chi connectivity index (χ0v) is 10.8. The smallest absolute Gasteiger partial charge is 0.341 e. The molecule has 0 aromatic carbocycles. The summed E-state index contributed by atoms with van der Waals surface area (Å²) < 4.78 is 10.1. The van der Waals surface area contributed by atoms with Gasteiger partial charge in [-0.25, -0.2) is 9.78 Å². The third-order valence-corrected chi connectivity index (χ3v) is 2.64. The third kappa shape index (κ3) is 4.70. The van der Waals surface area contributed by atoms with Crippen molar-refractivity contribution in [2.24, 2.45) is 5.92 Å². The van der Waals surface area contributed by atoms with E-state index in [0.29, 0.717) is 24.2 Å². The van der Waals surface area contributed by atoms with E-state index < -0.39 is 12.6 Å². The van der Waals surface area contributed by atoms with Crippen LogP contribution in [0, 0.1) is 5.92 Å². The molecule has 1 aliphatic carbocycles. The highest BCUT2D eigenvalue weighted by atomic mass is 16.5. The summed E-state index contributed by atoms with van der Waals surface area (Å²) in [7, 11) is 1.57. The van der Waals surface area contributed by atoms with Gasteiger partial charge >= 0.3 is 5.97 Å². The minimum atomic E-state index is -1.04. The first kappa shape index (κ1) is 13.5. The first-order valence-corrected chi connectivity index (χ1v) is 6.12. The number of carbonyl (C=O) groups is 1. The number of carboxylic acid groups (broad SMARTS) is 1. The lowest BCUT2D eigenvalue weighted by Crippen LogP contribution is -2.13. The van der Waals surface area contributed by atoms with Crippen LogP contribution < -0.4 is 10.1 Å². The van der Waals surface area contributed by atoms with Crippen molar-refractivity contribution in [3.05, 3.63) is 11.8 Å². The van der Waals surface area contributed by atoms with Crippen molar-refractivity contribution in [3.8, 4) is 5.88 Å². The fraction of sp³-hybridized carbons (Fsp3) is 0.583. The van der Waals surface area contributed by atoms with Crippen LogP contribution in [0.25, 0.3) is 0 Å². The van der Waals surface area contributed by atoms with Crippen LogP contribution in [0.15, 0.2) is 6.07 Å². The van der Waals surface area contributed by atoms with E-state index in [2.05, 4.69) is 15.3 Å². The number of hydrogen-bond acceptors (Lipinski definition) is 6. The Kier molecular flexibility index (Phi) is 4.51. The van der Waals surface area contributed by atoms with Crippen molar-refractivity contribution in [2.75, 3.05) is 25.6 Å². The number of hydrogen-bond donors (Lipinski definition) is 2. The van der Waals surface area contributed by atoms with Gasteiger partial charge in [-0.15, -0.1) is 0 Å². The Labute approximate surface area is 111 Å². The van der Waals surface area contributed by atoms with Crippen LogP contribution in [0.1, 0.15) is 18.5 Å². The molecule has 1 aliphatic rings. The molecule has 0 unspecified atom stereocenters. The van der Waals surface area contributed by atoms with Crippen LogP contribution >= 0.6 is 0 Å². The standard InChI is InChI=1S/C12H17N3O4/c1-18-6-9-4-10(19-7-11(16)17)15-12(14-9)13-5-8-2-3-8/h4,8H,2-3,5-7H2,1H3,(H,16,17)(H,13,14,15). The Morgan fingerprint density at radius 1 is 1.53 bits per heavy atom. The van der Waals surface area contributed by atoms with Gasteiger partial charge in [-0.1, -0.05) is 0 Å². The molecular formula is C12H17N3O4. The monoisotopic (exact) mass is 267 g/mol.